The van der Waals surface area contributed by atoms with Crippen molar-refractivity contribution in [2.24, 2.45) is 40.9 Å². The SMILES string of the molecule is CCC1CC(CC)C2C1C1CC2C(C)(C(=O)OC2(CC)CCCC2)C1. The molecule has 4 rings (SSSR count). The third-order valence-electron chi connectivity index (χ3n) is 9.19. The number of rotatable bonds is 5. The van der Waals surface area contributed by atoms with Gasteiger partial charge in [0.2, 0.25) is 0 Å². The first-order chi connectivity index (χ1) is 12.0. The number of hydrogen-bond donors (Lipinski definition) is 0. The monoisotopic (exact) mass is 346 g/mol. The molecule has 25 heavy (non-hydrogen) atoms. The van der Waals surface area contributed by atoms with E-state index in [2.05, 4.69) is 27.7 Å². The van der Waals surface area contributed by atoms with Crippen molar-refractivity contribution >= 4 is 5.97 Å². The molecular formula is C23H38O2. The van der Waals surface area contributed by atoms with E-state index < -0.39 is 0 Å². The van der Waals surface area contributed by atoms with Crippen molar-refractivity contribution in [2.75, 3.05) is 0 Å². The van der Waals surface area contributed by atoms with Gasteiger partial charge in [-0.3, -0.25) is 4.79 Å². The molecule has 0 radical (unpaired) electrons. The second-order valence-corrected chi connectivity index (χ2v) is 10.1. The lowest BCUT2D eigenvalue weighted by Crippen LogP contribution is -2.46. The molecule has 2 nitrogen and oxygen atoms in total. The van der Waals surface area contributed by atoms with Crippen molar-refractivity contribution in [1.82, 2.24) is 0 Å². The Morgan fingerprint density at radius 2 is 1.64 bits per heavy atom. The molecule has 4 aliphatic carbocycles. The summed E-state index contributed by atoms with van der Waals surface area (Å²) in [6.07, 6.45) is 12.1. The van der Waals surface area contributed by atoms with Crippen molar-refractivity contribution in [3.8, 4) is 0 Å². The maximum absolute atomic E-state index is 13.4. The van der Waals surface area contributed by atoms with Gasteiger partial charge < -0.3 is 4.74 Å². The van der Waals surface area contributed by atoms with Crippen LogP contribution in [0.3, 0.4) is 0 Å². The Bertz CT molecular complexity index is 520. The second-order valence-electron chi connectivity index (χ2n) is 10.1. The summed E-state index contributed by atoms with van der Waals surface area (Å²) in [6, 6.07) is 0. The molecule has 0 saturated heterocycles. The van der Waals surface area contributed by atoms with Crippen LogP contribution in [0.2, 0.25) is 0 Å². The van der Waals surface area contributed by atoms with Gasteiger partial charge in [0.1, 0.15) is 5.60 Å². The smallest absolute Gasteiger partial charge is 0.312 e. The van der Waals surface area contributed by atoms with Crippen LogP contribution < -0.4 is 0 Å². The highest BCUT2D eigenvalue weighted by Crippen LogP contribution is 2.69. The van der Waals surface area contributed by atoms with Gasteiger partial charge in [-0.25, -0.2) is 0 Å². The lowest BCUT2D eigenvalue weighted by atomic mass is 9.63. The molecule has 7 atom stereocenters. The first kappa shape index (κ1) is 17.9. The van der Waals surface area contributed by atoms with Crippen molar-refractivity contribution in [3.05, 3.63) is 0 Å². The molecule has 0 aromatic carbocycles. The molecule has 2 heteroatoms. The van der Waals surface area contributed by atoms with Gasteiger partial charge in [-0.2, -0.15) is 0 Å². The zero-order valence-corrected chi connectivity index (χ0v) is 16.9. The van der Waals surface area contributed by atoms with Gasteiger partial charge in [-0.05, 0) is 93.8 Å². The maximum atomic E-state index is 13.4. The zero-order valence-electron chi connectivity index (χ0n) is 16.9. The number of carbonyl (C=O) groups excluding carboxylic acids is 1. The van der Waals surface area contributed by atoms with Crippen LogP contribution in [0.4, 0.5) is 0 Å². The van der Waals surface area contributed by atoms with E-state index in [1.54, 1.807) is 0 Å². The molecule has 0 heterocycles. The largest absolute Gasteiger partial charge is 0.459 e. The fourth-order valence-electron chi connectivity index (χ4n) is 7.84. The molecule has 0 aliphatic heterocycles. The summed E-state index contributed by atoms with van der Waals surface area (Å²) in [6.45, 7) is 9.21. The summed E-state index contributed by atoms with van der Waals surface area (Å²) in [5, 5.41) is 0. The number of hydrogen-bond acceptors (Lipinski definition) is 2. The minimum Gasteiger partial charge on any atom is -0.459 e. The fraction of sp³-hybridized carbons (Fsp3) is 0.957. The van der Waals surface area contributed by atoms with E-state index in [1.165, 1.54) is 38.5 Å². The standard InChI is InChI=1S/C23H38O2/c1-5-15-12-16(6-2)20-18-13-17(19(15)20)14-22(18,4)21(24)25-23(7-3)10-8-9-11-23/h15-20H,5-14H2,1-4H3. The average Bonchev–Trinajstić information content (AvgIpc) is 3.35. The van der Waals surface area contributed by atoms with Crippen molar-refractivity contribution in [1.29, 1.82) is 0 Å². The molecule has 2 bridgehead atoms. The molecule has 4 fully saturated rings. The molecule has 0 aromatic heterocycles. The van der Waals surface area contributed by atoms with Gasteiger partial charge >= 0.3 is 5.97 Å². The van der Waals surface area contributed by atoms with Gasteiger partial charge in [0, 0.05) is 0 Å². The quantitative estimate of drug-likeness (QED) is 0.572. The highest BCUT2D eigenvalue weighted by atomic mass is 16.6. The predicted octanol–water partition coefficient (Wildman–Crippen LogP) is 5.99. The highest BCUT2D eigenvalue weighted by Gasteiger charge is 2.66. The maximum Gasteiger partial charge on any atom is 0.312 e. The van der Waals surface area contributed by atoms with E-state index in [9.17, 15) is 4.79 Å². The van der Waals surface area contributed by atoms with Gasteiger partial charge in [-0.1, -0.05) is 33.6 Å². The molecule has 4 aliphatic rings. The number of carbonyl (C=O) groups is 1. The molecule has 0 spiro atoms. The minimum atomic E-state index is -0.202. The van der Waals surface area contributed by atoms with Crippen LogP contribution in [-0.4, -0.2) is 11.6 Å². The van der Waals surface area contributed by atoms with E-state index in [4.69, 9.17) is 4.74 Å². The highest BCUT2D eigenvalue weighted by molar-refractivity contribution is 5.78. The van der Waals surface area contributed by atoms with Gasteiger partial charge in [-0.15, -0.1) is 0 Å². The summed E-state index contributed by atoms with van der Waals surface area (Å²) in [5.74, 6) is 5.02. The third-order valence-corrected chi connectivity index (χ3v) is 9.19. The minimum absolute atomic E-state index is 0.132. The van der Waals surface area contributed by atoms with Crippen molar-refractivity contribution in [3.63, 3.8) is 0 Å². The van der Waals surface area contributed by atoms with E-state index >= 15 is 0 Å². The van der Waals surface area contributed by atoms with Crippen LogP contribution in [0.5, 0.6) is 0 Å². The van der Waals surface area contributed by atoms with Crippen LogP contribution >= 0.6 is 0 Å². The van der Waals surface area contributed by atoms with E-state index in [-0.39, 0.29) is 17.0 Å². The van der Waals surface area contributed by atoms with Crippen molar-refractivity contribution in [2.45, 2.75) is 97.5 Å². The Morgan fingerprint density at radius 1 is 1.00 bits per heavy atom. The number of ether oxygens (including phenoxy) is 1. The Morgan fingerprint density at radius 3 is 2.24 bits per heavy atom. The molecule has 142 valence electrons. The molecule has 4 saturated carbocycles. The Balaban J connectivity index is 1.55. The summed E-state index contributed by atoms with van der Waals surface area (Å²) in [7, 11) is 0. The van der Waals surface area contributed by atoms with Crippen LogP contribution in [0.1, 0.15) is 91.9 Å². The molecule has 0 N–H and O–H groups in total. The fourth-order valence-corrected chi connectivity index (χ4v) is 7.84. The third kappa shape index (κ3) is 2.52. The Labute approximate surface area is 154 Å². The van der Waals surface area contributed by atoms with Gasteiger partial charge in [0.05, 0.1) is 5.41 Å². The van der Waals surface area contributed by atoms with Crippen molar-refractivity contribution < 1.29 is 9.53 Å². The average molecular weight is 347 g/mol. The van der Waals surface area contributed by atoms with Crippen LogP contribution in [0.25, 0.3) is 0 Å². The first-order valence-electron chi connectivity index (χ1n) is 11.2. The number of fused-ring (bicyclic) bond motifs is 5. The summed E-state index contributed by atoms with van der Waals surface area (Å²) in [4.78, 5) is 13.4. The van der Waals surface area contributed by atoms with E-state index in [0.29, 0.717) is 5.92 Å². The molecule has 7 unspecified atom stereocenters. The van der Waals surface area contributed by atoms with Gasteiger partial charge in [0.15, 0.2) is 0 Å². The summed E-state index contributed by atoms with van der Waals surface area (Å²) in [5.41, 5.74) is -0.334. The predicted molar refractivity (Wildman–Crippen MR) is 101 cm³/mol. The summed E-state index contributed by atoms with van der Waals surface area (Å²) < 4.78 is 6.32. The van der Waals surface area contributed by atoms with Crippen LogP contribution in [0, 0.1) is 40.9 Å². The van der Waals surface area contributed by atoms with Crippen LogP contribution in [-0.2, 0) is 9.53 Å². The normalized spacial score (nSPS) is 47.2. The van der Waals surface area contributed by atoms with Crippen LogP contribution in [0.15, 0.2) is 0 Å². The summed E-state index contributed by atoms with van der Waals surface area (Å²) >= 11 is 0. The first-order valence-corrected chi connectivity index (χ1v) is 11.2. The molecular weight excluding hydrogens is 308 g/mol. The van der Waals surface area contributed by atoms with E-state index in [0.717, 1.165) is 55.3 Å². The lowest BCUT2D eigenvalue weighted by molar-refractivity contribution is -0.177. The zero-order chi connectivity index (χ0) is 17.8. The topological polar surface area (TPSA) is 26.3 Å². The van der Waals surface area contributed by atoms with Gasteiger partial charge in [0.25, 0.3) is 0 Å². The Kier molecular flexibility index (Phi) is 4.48. The Hall–Kier alpha value is -0.530. The number of esters is 1. The lowest BCUT2D eigenvalue weighted by Gasteiger charge is -2.43. The molecule has 0 aromatic rings. The van der Waals surface area contributed by atoms with E-state index in [1.807, 2.05) is 0 Å². The molecule has 0 amide bonds. The second kappa shape index (κ2) is 6.27.